The average molecular weight is 342 g/mol. The first-order valence-corrected chi connectivity index (χ1v) is 6.66. The molecule has 6 heteroatoms. The van der Waals surface area contributed by atoms with E-state index in [4.69, 9.17) is 4.42 Å². The van der Waals surface area contributed by atoms with Gasteiger partial charge in [0, 0.05) is 10.0 Å². The lowest BCUT2D eigenvalue weighted by atomic mass is 10.0. The summed E-state index contributed by atoms with van der Waals surface area (Å²) in [5.41, 5.74) is 0.424. The molecule has 0 aliphatic rings. The molecular weight excluding hydrogens is 329 g/mol. The maximum absolute atomic E-state index is 13.9. The SMILES string of the molecule is CNC(c1ccc(C(=O)OC)o1)c1cc(Br)ccc1F. The molecule has 0 bridgehead atoms. The molecule has 106 valence electrons. The van der Waals surface area contributed by atoms with E-state index < -0.39 is 12.0 Å². The number of nitrogens with one attached hydrogen (secondary N) is 1. The Hall–Kier alpha value is -1.66. The van der Waals surface area contributed by atoms with Crippen LogP contribution in [-0.4, -0.2) is 20.1 Å². The van der Waals surface area contributed by atoms with Gasteiger partial charge in [-0.1, -0.05) is 15.9 Å². The predicted molar refractivity (Wildman–Crippen MR) is 75.1 cm³/mol. The van der Waals surface area contributed by atoms with Gasteiger partial charge in [0.2, 0.25) is 5.76 Å². The molecule has 0 amide bonds. The number of hydrogen-bond donors (Lipinski definition) is 1. The molecule has 0 radical (unpaired) electrons. The van der Waals surface area contributed by atoms with Crippen molar-refractivity contribution in [2.75, 3.05) is 14.2 Å². The lowest BCUT2D eigenvalue weighted by Gasteiger charge is -2.15. The fraction of sp³-hybridized carbons (Fsp3) is 0.214. The van der Waals surface area contributed by atoms with Crippen LogP contribution in [0.25, 0.3) is 0 Å². The van der Waals surface area contributed by atoms with Crippen LogP contribution >= 0.6 is 15.9 Å². The Bertz CT molecular complexity index is 627. The van der Waals surface area contributed by atoms with E-state index in [1.807, 2.05) is 0 Å². The Kier molecular flexibility index (Phi) is 4.57. The summed E-state index contributed by atoms with van der Waals surface area (Å²) in [5.74, 6) is -0.410. The van der Waals surface area contributed by atoms with E-state index in [1.54, 1.807) is 25.2 Å². The molecule has 1 unspecified atom stereocenters. The van der Waals surface area contributed by atoms with Crippen LogP contribution in [0.15, 0.2) is 39.2 Å². The number of esters is 1. The van der Waals surface area contributed by atoms with Crippen molar-refractivity contribution in [1.82, 2.24) is 5.32 Å². The van der Waals surface area contributed by atoms with Crippen LogP contribution < -0.4 is 5.32 Å². The first-order chi connectivity index (χ1) is 9.56. The highest BCUT2D eigenvalue weighted by molar-refractivity contribution is 9.10. The molecule has 1 atom stereocenters. The van der Waals surface area contributed by atoms with E-state index in [0.29, 0.717) is 11.3 Å². The van der Waals surface area contributed by atoms with Gasteiger partial charge in [-0.3, -0.25) is 0 Å². The second-order valence-electron chi connectivity index (χ2n) is 4.08. The number of furan rings is 1. The minimum atomic E-state index is -0.569. The smallest absolute Gasteiger partial charge is 0.373 e. The summed E-state index contributed by atoms with van der Waals surface area (Å²) in [7, 11) is 2.96. The number of ether oxygens (including phenoxy) is 1. The zero-order valence-corrected chi connectivity index (χ0v) is 12.5. The minimum Gasteiger partial charge on any atom is -0.463 e. The number of hydrogen-bond acceptors (Lipinski definition) is 4. The van der Waals surface area contributed by atoms with E-state index in [2.05, 4.69) is 26.0 Å². The van der Waals surface area contributed by atoms with Crippen molar-refractivity contribution in [1.29, 1.82) is 0 Å². The van der Waals surface area contributed by atoms with Crippen molar-refractivity contribution in [2.24, 2.45) is 0 Å². The second-order valence-corrected chi connectivity index (χ2v) is 5.00. The Morgan fingerprint density at radius 1 is 1.40 bits per heavy atom. The second kappa shape index (κ2) is 6.19. The van der Waals surface area contributed by atoms with Gasteiger partial charge in [0.1, 0.15) is 11.6 Å². The first kappa shape index (κ1) is 14.7. The summed E-state index contributed by atoms with van der Waals surface area (Å²) in [6, 6.07) is 7.28. The number of benzene rings is 1. The topological polar surface area (TPSA) is 51.5 Å². The van der Waals surface area contributed by atoms with E-state index in [9.17, 15) is 9.18 Å². The predicted octanol–water partition coefficient (Wildman–Crippen LogP) is 3.28. The van der Waals surface area contributed by atoms with E-state index in [0.717, 1.165) is 4.47 Å². The number of methoxy groups -OCH3 is 1. The van der Waals surface area contributed by atoms with Gasteiger partial charge in [0.15, 0.2) is 0 Å². The molecular formula is C14H13BrFNO3. The van der Waals surface area contributed by atoms with Gasteiger partial charge in [-0.25, -0.2) is 9.18 Å². The maximum Gasteiger partial charge on any atom is 0.373 e. The first-order valence-electron chi connectivity index (χ1n) is 5.87. The molecule has 4 nitrogen and oxygen atoms in total. The fourth-order valence-corrected chi connectivity index (χ4v) is 2.28. The number of rotatable bonds is 4. The Morgan fingerprint density at radius 2 is 2.15 bits per heavy atom. The van der Waals surface area contributed by atoms with E-state index in [-0.39, 0.29) is 11.6 Å². The molecule has 0 fully saturated rings. The van der Waals surface area contributed by atoms with Gasteiger partial charge in [0.05, 0.1) is 13.2 Å². The van der Waals surface area contributed by atoms with Crippen LogP contribution in [0, 0.1) is 5.82 Å². The molecule has 2 rings (SSSR count). The lowest BCUT2D eigenvalue weighted by molar-refractivity contribution is 0.0562. The molecule has 1 N–H and O–H groups in total. The number of carbonyl (C=O) groups is 1. The summed E-state index contributed by atoms with van der Waals surface area (Å²) < 4.78 is 24.7. The zero-order chi connectivity index (χ0) is 14.7. The van der Waals surface area contributed by atoms with Gasteiger partial charge >= 0.3 is 5.97 Å². The third-order valence-corrected chi connectivity index (χ3v) is 3.35. The highest BCUT2D eigenvalue weighted by Gasteiger charge is 2.21. The summed E-state index contributed by atoms with van der Waals surface area (Å²) in [5, 5.41) is 2.97. The van der Waals surface area contributed by atoms with Crippen molar-refractivity contribution < 1.29 is 18.3 Å². The van der Waals surface area contributed by atoms with Crippen molar-refractivity contribution >= 4 is 21.9 Å². The molecule has 0 spiro atoms. The molecule has 0 aliphatic heterocycles. The van der Waals surface area contributed by atoms with Crippen LogP contribution in [0.3, 0.4) is 0 Å². The van der Waals surface area contributed by atoms with Gasteiger partial charge in [-0.2, -0.15) is 0 Å². The van der Waals surface area contributed by atoms with Crippen molar-refractivity contribution in [3.8, 4) is 0 Å². The van der Waals surface area contributed by atoms with Crippen LogP contribution in [0.4, 0.5) is 4.39 Å². The van der Waals surface area contributed by atoms with Crippen molar-refractivity contribution in [2.45, 2.75) is 6.04 Å². The quantitative estimate of drug-likeness (QED) is 0.867. The number of halogens is 2. The summed E-state index contributed by atoms with van der Waals surface area (Å²) in [4.78, 5) is 11.4. The van der Waals surface area contributed by atoms with Crippen LogP contribution in [-0.2, 0) is 4.74 Å². The van der Waals surface area contributed by atoms with E-state index >= 15 is 0 Å². The van der Waals surface area contributed by atoms with Gasteiger partial charge in [-0.15, -0.1) is 0 Å². The van der Waals surface area contributed by atoms with Gasteiger partial charge in [0.25, 0.3) is 0 Å². The molecule has 20 heavy (non-hydrogen) atoms. The third-order valence-electron chi connectivity index (χ3n) is 2.86. The van der Waals surface area contributed by atoms with Crippen molar-refractivity contribution in [3.05, 3.63) is 57.7 Å². The fourth-order valence-electron chi connectivity index (χ4n) is 1.91. The zero-order valence-electron chi connectivity index (χ0n) is 10.9. The molecule has 1 heterocycles. The molecule has 0 saturated carbocycles. The molecule has 1 aromatic carbocycles. The summed E-state index contributed by atoms with van der Waals surface area (Å²) in [6.45, 7) is 0. The lowest BCUT2D eigenvalue weighted by Crippen LogP contribution is -2.18. The van der Waals surface area contributed by atoms with Crippen LogP contribution in [0.1, 0.15) is 27.9 Å². The van der Waals surface area contributed by atoms with Gasteiger partial charge in [-0.05, 0) is 37.4 Å². The molecule has 2 aromatic rings. The van der Waals surface area contributed by atoms with E-state index in [1.165, 1.54) is 19.2 Å². The largest absolute Gasteiger partial charge is 0.463 e. The van der Waals surface area contributed by atoms with Crippen molar-refractivity contribution in [3.63, 3.8) is 0 Å². The van der Waals surface area contributed by atoms with Crippen LogP contribution in [0.2, 0.25) is 0 Å². The minimum absolute atomic E-state index is 0.0816. The molecule has 0 aliphatic carbocycles. The Labute approximate surface area is 124 Å². The Balaban J connectivity index is 2.39. The third kappa shape index (κ3) is 2.91. The molecule has 1 aromatic heterocycles. The van der Waals surface area contributed by atoms with Crippen LogP contribution in [0.5, 0.6) is 0 Å². The highest BCUT2D eigenvalue weighted by atomic mass is 79.9. The van der Waals surface area contributed by atoms with Gasteiger partial charge < -0.3 is 14.5 Å². The normalized spacial score (nSPS) is 12.2. The maximum atomic E-state index is 13.9. The Morgan fingerprint density at radius 3 is 2.80 bits per heavy atom. The summed E-state index contributed by atoms with van der Waals surface area (Å²) in [6.07, 6.45) is 0. The average Bonchev–Trinajstić information content (AvgIpc) is 2.92. The monoisotopic (exact) mass is 341 g/mol. The number of carbonyl (C=O) groups excluding carboxylic acids is 1. The highest BCUT2D eigenvalue weighted by Crippen LogP contribution is 2.28. The summed E-state index contributed by atoms with van der Waals surface area (Å²) >= 11 is 3.31. The molecule has 0 saturated heterocycles. The standard InChI is InChI=1S/C14H13BrFNO3/c1-17-13(9-7-8(15)3-4-10(9)16)11-5-6-12(20-11)14(18)19-2/h3-7,13,17H,1-2H3.